The summed E-state index contributed by atoms with van der Waals surface area (Å²) in [5, 5.41) is 9.13. The number of carbonyl (C=O) groups is 1. The first kappa shape index (κ1) is 16.1. The zero-order valence-electron chi connectivity index (χ0n) is 11.9. The van der Waals surface area contributed by atoms with Crippen LogP contribution in [0.1, 0.15) is 42.1 Å². The second-order valence-electron chi connectivity index (χ2n) is 5.18. The molecule has 0 atom stereocenters. The lowest BCUT2D eigenvalue weighted by molar-refractivity contribution is 0.0691. The van der Waals surface area contributed by atoms with Gasteiger partial charge in [-0.05, 0) is 37.0 Å². The van der Waals surface area contributed by atoms with Gasteiger partial charge in [-0.3, -0.25) is 13.4 Å². The van der Waals surface area contributed by atoms with Crippen molar-refractivity contribution >= 4 is 22.4 Å². The van der Waals surface area contributed by atoms with Crippen LogP contribution in [0.3, 0.4) is 0 Å². The zero-order chi connectivity index (χ0) is 15.6. The Labute approximate surface area is 124 Å². The molecule has 0 unspecified atom stereocenters. The van der Waals surface area contributed by atoms with Crippen molar-refractivity contribution in [1.82, 2.24) is 0 Å². The normalized spacial score (nSPS) is 19.3. The molecule has 0 spiro atoms. The van der Waals surface area contributed by atoms with E-state index in [1.807, 2.05) is 6.92 Å². The Hall–Kier alpha value is -1.31. The minimum atomic E-state index is -3.07. The van der Waals surface area contributed by atoms with Gasteiger partial charge in [-0.15, -0.1) is 10.8 Å². The maximum Gasteiger partial charge on any atom is 0.338 e. The monoisotopic (exact) mass is 317 g/mol. The van der Waals surface area contributed by atoms with Gasteiger partial charge in [0.05, 0.1) is 17.0 Å². The Bertz CT molecular complexity index is 550. The van der Waals surface area contributed by atoms with Crippen LogP contribution in [0, 0.1) is 5.82 Å². The number of hydrogen-bond acceptors (Lipinski definition) is 4. The molecule has 3 N–H and O–H groups in total. The van der Waals surface area contributed by atoms with Gasteiger partial charge in [0.1, 0.15) is 0 Å². The number of carboxylic acid groups (broad SMARTS) is 1. The number of rotatable bonds is 4. The van der Waals surface area contributed by atoms with E-state index in [0.717, 1.165) is 12.8 Å². The molecule has 1 aliphatic heterocycles. The Kier molecular flexibility index (Phi) is 4.75. The van der Waals surface area contributed by atoms with Gasteiger partial charge < -0.3 is 5.11 Å². The van der Waals surface area contributed by atoms with E-state index in [4.69, 9.17) is 5.11 Å². The lowest BCUT2D eigenvalue weighted by Crippen LogP contribution is -2.35. The summed E-state index contributed by atoms with van der Waals surface area (Å²) in [4.78, 5) is 11.2. The highest BCUT2D eigenvalue weighted by molar-refractivity contribution is 8.25. The van der Waals surface area contributed by atoms with Crippen molar-refractivity contribution in [3.63, 3.8) is 0 Å². The van der Waals surface area contributed by atoms with Crippen LogP contribution in [-0.4, -0.2) is 32.5 Å². The Morgan fingerprint density at radius 3 is 2.67 bits per heavy atom. The average Bonchev–Trinajstić information content (AvgIpc) is 2.40. The fourth-order valence-electron chi connectivity index (χ4n) is 2.52. The molecule has 118 valence electrons. The minimum Gasteiger partial charge on any atom is -0.478 e. The van der Waals surface area contributed by atoms with Crippen LogP contribution in [0.25, 0.3) is 0 Å². The van der Waals surface area contributed by atoms with E-state index >= 15 is 0 Å². The summed E-state index contributed by atoms with van der Waals surface area (Å²) in [6.07, 6.45) is 2.79. The van der Waals surface area contributed by atoms with Crippen molar-refractivity contribution in [2.45, 2.75) is 32.6 Å². The molecule has 2 rings (SSSR count). The number of benzene rings is 1. The van der Waals surface area contributed by atoms with Gasteiger partial charge in [-0.2, -0.15) is 0 Å². The molecule has 0 radical (unpaired) electrons. The fraction of sp³-hybridized carbons (Fsp3) is 0.500. The largest absolute Gasteiger partial charge is 0.478 e. The van der Waals surface area contributed by atoms with E-state index in [1.165, 1.54) is 16.4 Å². The Morgan fingerprint density at radius 2 is 2.10 bits per heavy atom. The van der Waals surface area contributed by atoms with Crippen molar-refractivity contribution < 1.29 is 23.4 Å². The molecular formula is C14H20FNO4S. The fourth-order valence-corrected chi connectivity index (χ4v) is 4.20. The van der Waals surface area contributed by atoms with Gasteiger partial charge in [-0.1, -0.05) is 13.3 Å². The molecule has 1 aromatic carbocycles. The van der Waals surface area contributed by atoms with Crippen molar-refractivity contribution in [2.24, 2.45) is 0 Å². The van der Waals surface area contributed by atoms with Gasteiger partial charge in [-0.25, -0.2) is 9.18 Å². The maximum atomic E-state index is 14.4. The quantitative estimate of drug-likeness (QED) is 0.788. The number of halogens is 1. The average molecular weight is 317 g/mol. The van der Waals surface area contributed by atoms with Crippen LogP contribution >= 0.6 is 10.8 Å². The summed E-state index contributed by atoms with van der Waals surface area (Å²) in [6, 6.07) is 2.85. The topological polar surface area (TPSA) is 81.0 Å². The van der Waals surface area contributed by atoms with E-state index in [1.54, 1.807) is 0 Å². The number of aryl methyl sites for hydroxylation is 1. The van der Waals surface area contributed by atoms with Crippen LogP contribution in [0.15, 0.2) is 12.1 Å². The molecule has 0 aliphatic carbocycles. The molecule has 21 heavy (non-hydrogen) atoms. The third-order valence-corrected chi connectivity index (χ3v) is 5.45. The first-order valence-corrected chi connectivity index (χ1v) is 8.63. The second-order valence-corrected chi connectivity index (χ2v) is 7.29. The minimum absolute atomic E-state index is 0.0157. The molecule has 1 aliphatic rings. The molecule has 0 saturated carbocycles. The molecule has 1 aromatic rings. The summed E-state index contributed by atoms with van der Waals surface area (Å²) in [5.41, 5.74) is 0.252. The first-order valence-electron chi connectivity index (χ1n) is 6.96. The predicted octanol–water partition coefficient (Wildman–Crippen LogP) is 3.74. The van der Waals surface area contributed by atoms with Gasteiger partial charge in [0.25, 0.3) is 0 Å². The molecule has 0 aromatic heterocycles. The second kappa shape index (κ2) is 6.21. The lowest BCUT2D eigenvalue weighted by atomic mass is 10.0. The number of hydrogen-bond donors (Lipinski definition) is 3. The molecule has 1 heterocycles. The number of anilines is 1. The van der Waals surface area contributed by atoms with Crippen molar-refractivity contribution in [2.75, 3.05) is 16.6 Å². The van der Waals surface area contributed by atoms with E-state index in [9.17, 15) is 18.3 Å². The van der Waals surface area contributed by atoms with Crippen LogP contribution in [0.5, 0.6) is 0 Å². The standard InChI is InChI=1S/C14H20FNO4S/c1-2-5-10-8-11(14(17)18)13(15)12(9-10)16-6-3-4-7-21(16,19)20/h8-9,19-20H,2-7H2,1H3,(H,17,18). The summed E-state index contributed by atoms with van der Waals surface area (Å²) in [5.74, 6) is -2.06. The van der Waals surface area contributed by atoms with Gasteiger partial charge in [0.15, 0.2) is 5.82 Å². The first-order chi connectivity index (χ1) is 9.86. The van der Waals surface area contributed by atoms with Crippen molar-refractivity contribution in [3.05, 3.63) is 29.1 Å². The lowest BCUT2D eigenvalue weighted by Gasteiger charge is -2.47. The van der Waals surface area contributed by atoms with E-state index < -0.39 is 28.1 Å². The van der Waals surface area contributed by atoms with Crippen LogP contribution < -0.4 is 4.31 Å². The van der Waals surface area contributed by atoms with E-state index in [2.05, 4.69) is 0 Å². The summed E-state index contributed by atoms with van der Waals surface area (Å²) in [7, 11) is -3.07. The van der Waals surface area contributed by atoms with Crippen LogP contribution in [0.4, 0.5) is 10.1 Å². The predicted molar refractivity (Wildman–Crippen MR) is 81.6 cm³/mol. The van der Waals surface area contributed by atoms with Crippen molar-refractivity contribution in [3.8, 4) is 0 Å². The third kappa shape index (κ3) is 3.30. The maximum absolute atomic E-state index is 14.4. The smallest absolute Gasteiger partial charge is 0.338 e. The van der Waals surface area contributed by atoms with Crippen molar-refractivity contribution in [1.29, 1.82) is 0 Å². The van der Waals surface area contributed by atoms with Crippen LogP contribution in [-0.2, 0) is 6.42 Å². The molecule has 5 nitrogen and oxygen atoms in total. The summed E-state index contributed by atoms with van der Waals surface area (Å²) < 4.78 is 35.9. The highest BCUT2D eigenvalue weighted by atomic mass is 32.3. The number of nitrogens with zero attached hydrogens (tertiary/aromatic N) is 1. The number of carboxylic acids is 1. The van der Waals surface area contributed by atoms with Gasteiger partial charge >= 0.3 is 5.97 Å². The molecule has 0 bridgehead atoms. The van der Waals surface area contributed by atoms with E-state index in [-0.39, 0.29) is 11.4 Å². The third-order valence-electron chi connectivity index (χ3n) is 3.53. The van der Waals surface area contributed by atoms with Gasteiger partial charge in [0, 0.05) is 6.54 Å². The molecule has 7 heteroatoms. The molecule has 0 amide bonds. The Balaban J connectivity index is 2.53. The summed E-state index contributed by atoms with van der Waals surface area (Å²) >= 11 is 0. The Morgan fingerprint density at radius 1 is 1.38 bits per heavy atom. The highest BCUT2D eigenvalue weighted by Crippen LogP contribution is 2.50. The highest BCUT2D eigenvalue weighted by Gasteiger charge is 2.30. The van der Waals surface area contributed by atoms with Crippen LogP contribution in [0.2, 0.25) is 0 Å². The molecular weight excluding hydrogens is 297 g/mol. The SMILES string of the molecule is CCCc1cc(C(=O)O)c(F)c(N2CCCCS2(O)O)c1. The molecule has 1 fully saturated rings. The number of aromatic carboxylic acids is 1. The van der Waals surface area contributed by atoms with Gasteiger partial charge in [0.2, 0.25) is 0 Å². The zero-order valence-corrected chi connectivity index (χ0v) is 12.7. The molecule has 1 saturated heterocycles. The summed E-state index contributed by atoms with van der Waals surface area (Å²) in [6.45, 7) is 2.26. The van der Waals surface area contributed by atoms with E-state index in [0.29, 0.717) is 24.9 Å².